The molecule has 0 aromatic carbocycles. The molecule has 82 valence electrons. The lowest BCUT2D eigenvalue weighted by atomic mass is 9.83. The van der Waals surface area contributed by atoms with Crippen LogP contribution in [0.3, 0.4) is 0 Å². The lowest BCUT2D eigenvalue weighted by Gasteiger charge is -2.27. The topological polar surface area (TPSA) is 46.2 Å². The summed E-state index contributed by atoms with van der Waals surface area (Å²) in [4.78, 5) is 22.9. The molecule has 0 atom stereocenters. The molecule has 3 nitrogen and oxygen atoms in total. The molecule has 0 fully saturated rings. The van der Waals surface area contributed by atoms with Crippen molar-refractivity contribution in [3.05, 3.63) is 22.5 Å². The second-order valence-corrected chi connectivity index (χ2v) is 4.04. The predicted molar refractivity (Wildman–Crippen MR) is 59.1 cm³/mol. The molecule has 0 saturated heterocycles. The van der Waals surface area contributed by atoms with Gasteiger partial charge in [-0.15, -0.1) is 0 Å². The van der Waals surface area contributed by atoms with Gasteiger partial charge in [0.2, 0.25) is 0 Å². The van der Waals surface area contributed by atoms with Gasteiger partial charge in [-0.1, -0.05) is 6.92 Å². The second kappa shape index (κ2) is 4.01. The number of carbonyl (C=O) groups excluding carboxylic acids is 2. The zero-order valence-electron chi connectivity index (χ0n) is 9.89. The summed E-state index contributed by atoms with van der Waals surface area (Å²) in [6.07, 6.45) is 0. The Balaban J connectivity index is 3.22. The second-order valence-electron chi connectivity index (χ2n) is 4.04. The molecule has 0 aromatic rings. The lowest BCUT2D eigenvalue weighted by Crippen LogP contribution is -2.29. The smallest absolute Gasteiger partial charge is 0.158 e. The number of ketones is 2. The van der Waals surface area contributed by atoms with Gasteiger partial charge in [-0.2, -0.15) is 0 Å². The fraction of sp³-hybridized carbons (Fsp3) is 0.500. The summed E-state index contributed by atoms with van der Waals surface area (Å²) in [5.41, 5.74) is 3.15. The molecule has 1 N–H and O–H groups in total. The maximum atomic E-state index is 11.5. The molecule has 0 spiro atoms. The quantitative estimate of drug-likeness (QED) is 0.752. The Hall–Kier alpha value is -1.38. The van der Waals surface area contributed by atoms with Crippen LogP contribution in [0.15, 0.2) is 22.5 Å². The minimum absolute atomic E-state index is 0.0266. The fourth-order valence-electron chi connectivity index (χ4n) is 2.35. The van der Waals surface area contributed by atoms with Crippen molar-refractivity contribution in [2.24, 2.45) is 5.92 Å². The van der Waals surface area contributed by atoms with Crippen molar-refractivity contribution in [3.63, 3.8) is 0 Å². The highest BCUT2D eigenvalue weighted by atomic mass is 16.1. The molecule has 0 bridgehead atoms. The van der Waals surface area contributed by atoms with E-state index in [1.165, 1.54) is 13.8 Å². The molecule has 1 rings (SSSR count). The predicted octanol–water partition coefficient (Wildman–Crippen LogP) is 1.95. The Morgan fingerprint density at radius 3 is 1.60 bits per heavy atom. The third-order valence-corrected chi connectivity index (χ3v) is 2.81. The molecule has 0 amide bonds. The van der Waals surface area contributed by atoms with E-state index >= 15 is 0 Å². The minimum Gasteiger partial charge on any atom is -0.362 e. The molecule has 1 heterocycles. The Morgan fingerprint density at radius 1 is 1.00 bits per heavy atom. The largest absolute Gasteiger partial charge is 0.362 e. The summed E-state index contributed by atoms with van der Waals surface area (Å²) in [7, 11) is 0. The summed E-state index contributed by atoms with van der Waals surface area (Å²) in [6, 6.07) is 0. The Morgan fingerprint density at radius 2 is 1.33 bits per heavy atom. The average molecular weight is 207 g/mol. The first-order valence-electron chi connectivity index (χ1n) is 5.06. The van der Waals surface area contributed by atoms with E-state index < -0.39 is 0 Å². The number of nitrogens with one attached hydrogen (secondary N) is 1. The highest BCUT2D eigenvalue weighted by Crippen LogP contribution is 2.29. The van der Waals surface area contributed by atoms with E-state index in [9.17, 15) is 9.59 Å². The van der Waals surface area contributed by atoms with Crippen molar-refractivity contribution in [2.75, 3.05) is 0 Å². The molecule has 0 radical (unpaired) electrons. The minimum atomic E-state index is -0.0961. The number of hydrogen-bond acceptors (Lipinski definition) is 3. The van der Waals surface area contributed by atoms with Gasteiger partial charge in [-0.05, 0) is 27.7 Å². The van der Waals surface area contributed by atoms with Crippen LogP contribution in [0.5, 0.6) is 0 Å². The zero-order valence-corrected chi connectivity index (χ0v) is 9.89. The van der Waals surface area contributed by atoms with E-state index in [4.69, 9.17) is 0 Å². The molecule has 1 aliphatic heterocycles. The number of dihydropyridines is 1. The highest BCUT2D eigenvalue weighted by Gasteiger charge is 2.28. The van der Waals surface area contributed by atoms with Gasteiger partial charge < -0.3 is 5.32 Å². The van der Waals surface area contributed by atoms with Crippen LogP contribution in [0.2, 0.25) is 0 Å². The number of Topliss-reactive ketones (excluding diaryl/α,β-unsaturated/α-hetero) is 2. The van der Waals surface area contributed by atoms with Crippen LogP contribution in [0.25, 0.3) is 0 Å². The van der Waals surface area contributed by atoms with Crippen molar-refractivity contribution in [3.8, 4) is 0 Å². The van der Waals surface area contributed by atoms with E-state index in [0.29, 0.717) is 11.1 Å². The average Bonchev–Trinajstić information content (AvgIpc) is 1.99. The first kappa shape index (κ1) is 11.7. The number of rotatable bonds is 2. The van der Waals surface area contributed by atoms with Crippen LogP contribution in [-0.2, 0) is 9.59 Å². The SMILES string of the molecule is CC(=O)C1=C(C)NC(C)=C(C(C)=O)C1C. The van der Waals surface area contributed by atoms with Gasteiger partial charge in [0.15, 0.2) is 11.6 Å². The van der Waals surface area contributed by atoms with Crippen molar-refractivity contribution in [1.29, 1.82) is 0 Å². The molecular formula is C12H17NO2. The van der Waals surface area contributed by atoms with Crippen LogP contribution in [0.1, 0.15) is 34.6 Å². The molecular weight excluding hydrogens is 190 g/mol. The standard InChI is InChI=1S/C12H17NO2/c1-6-11(9(4)14)7(2)13-8(3)12(6)10(5)15/h6,13H,1-5H3. The third kappa shape index (κ3) is 2.01. The van der Waals surface area contributed by atoms with Crippen LogP contribution in [0.4, 0.5) is 0 Å². The van der Waals surface area contributed by atoms with E-state index in [0.717, 1.165) is 11.4 Å². The molecule has 15 heavy (non-hydrogen) atoms. The first-order valence-corrected chi connectivity index (χ1v) is 5.06. The molecule has 0 aromatic heterocycles. The molecule has 0 unspecified atom stereocenters. The van der Waals surface area contributed by atoms with E-state index in [-0.39, 0.29) is 17.5 Å². The summed E-state index contributed by atoms with van der Waals surface area (Å²) >= 11 is 0. The molecule has 3 heteroatoms. The van der Waals surface area contributed by atoms with Gasteiger partial charge >= 0.3 is 0 Å². The van der Waals surface area contributed by atoms with E-state index in [2.05, 4.69) is 5.32 Å². The van der Waals surface area contributed by atoms with Crippen molar-refractivity contribution < 1.29 is 9.59 Å². The molecule has 0 aliphatic carbocycles. The summed E-state index contributed by atoms with van der Waals surface area (Å²) in [6.45, 7) is 8.72. The number of carbonyl (C=O) groups is 2. The number of allylic oxidation sites excluding steroid dienone is 4. The number of hydrogen-bond donors (Lipinski definition) is 1. The maximum Gasteiger partial charge on any atom is 0.158 e. The van der Waals surface area contributed by atoms with E-state index in [1.54, 1.807) is 0 Å². The van der Waals surface area contributed by atoms with Gasteiger partial charge in [0.25, 0.3) is 0 Å². The van der Waals surface area contributed by atoms with E-state index in [1.807, 2.05) is 20.8 Å². The summed E-state index contributed by atoms with van der Waals surface area (Å²) < 4.78 is 0. The van der Waals surface area contributed by atoms with Gasteiger partial charge in [0.1, 0.15) is 0 Å². The Kier molecular flexibility index (Phi) is 3.12. The third-order valence-electron chi connectivity index (χ3n) is 2.81. The van der Waals surface area contributed by atoms with Crippen molar-refractivity contribution in [2.45, 2.75) is 34.6 Å². The van der Waals surface area contributed by atoms with Crippen LogP contribution in [0, 0.1) is 5.92 Å². The van der Waals surface area contributed by atoms with Gasteiger partial charge in [-0.25, -0.2) is 0 Å². The van der Waals surface area contributed by atoms with Crippen LogP contribution >= 0.6 is 0 Å². The van der Waals surface area contributed by atoms with Crippen LogP contribution < -0.4 is 5.32 Å². The summed E-state index contributed by atoms with van der Waals surface area (Å²) in [5, 5.41) is 3.09. The normalized spacial score (nSPS) is 17.9. The summed E-state index contributed by atoms with van der Waals surface area (Å²) in [5.74, 6) is -0.0428. The van der Waals surface area contributed by atoms with Crippen molar-refractivity contribution >= 4 is 11.6 Å². The van der Waals surface area contributed by atoms with Gasteiger partial charge in [0, 0.05) is 28.5 Å². The van der Waals surface area contributed by atoms with Gasteiger partial charge in [-0.3, -0.25) is 9.59 Å². The highest BCUT2D eigenvalue weighted by molar-refractivity contribution is 6.01. The first-order chi connectivity index (χ1) is 6.86. The maximum absolute atomic E-state index is 11.5. The van der Waals surface area contributed by atoms with Crippen molar-refractivity contribution in [1.82, 2.24) is 5.32 Å². The Labute approximate surface area is 90.2 Å². The monoisotopic (exact) mass is 207 g/mol. The molecule has 0 saturated carbocycles. The zero-order chi connectivity index (χ0) is 11.7. The van der Waals surface area contributed by atoms with Gasteiger partial charge in [0.05, 0.1) is 0 Å². The molecule has 1 aliphatic rings. The fourth-order valence-corrected chi connectivity index (χ4v) is 2.35. The lowest BCUT2D eigenvalue weighted by molar-refractivity contribution is -0.114. The van der Waals surface area contributed by atoms with Crippen LogP contribution in [-0.4, -0.2) is 11.6 Å². The Bertz CT molecular complexity index is 352.